The molecule has 20 heavy (non-hydrogen) atoms. The maximum absolute atomic E-state index is 11.9. The molecule has 0 unspecified atom stereocenters. The van der Waals surface area contributed by atoms with Crippen LogP contribution in [-0.2, 0) is 4.79 Å². The number of carbonyl (C=O) groups excluding carboxylic acids is 1. The van der Waals surface area contributed by atoms with Gasteiger partial charge in [-0.25, -0.2) is 0 Å². The highest BCUT2D eigenvalue weighted by atomic mass is 32.2. The second-order valence-corrected chi connectivity index (χ2v) is 5.70. The van der Waals surface area contributed by atoms with Crippen LogP contribution < -0.4 is 11.1 Å². The predicted molar refractivity (Wildman–Crippen MR) is 86.0 cm³/mol. The second kappa shape index (κ2) is 7.01. The van der Waals surface area contributed by atoms with Crippen LogP contribution in [0.25, 0.3) is 0 Å². The number of benzene rings is 2. The Kier molecular flexibility index (Phi) is 5.07. The molecule has 0 aliphatic rings. The van der Waals surface area contributed by atoms with E-state index in [9.17, 15) is 4.79 Å². The molecule has 3 N–H and O–H groups in total. The minimum atomic E-state index is 0.0159. The third kappa shape index (κ3) is 4.31. The summed E-state index contributed by atoms with van der Waals surface area (Å²) in [7, 11) is 0. The van der Waals surface area contributed by atoms with Gasteiger partial charge in [0.1, 0.15) is 0 Å². The van der Waals surface area contributed by atoms with Gasteiger partial charge in [0.25, 0.3) is 0 Å². The number of nitrogens with one attached hydrogen (secondary N) is 1. The number of rotatable bonds is 5. The molecule has 0 heterocycles. The highest BCUT2D eigenvalue weighted by molar-refractivity contribution is 7.99. The van der Waals surface area contributed by atoms with Crippen LogP contribution in [-0.4, -0.2) is 11.7 Å². The molecule has 3 nitrogen and oxygen atoms in total. The number of anilines is 2. The maximum Gasteiger partial charge on any atom is 0.225 e. The van der Waals surface area contributed by atoms with Crippen molar-refractivity contribution in [3.05, 3.63) is 54.1 Å². The molecule has 0 aliphatic heterocycles. The molecule has 104 valence electrons. The van der Waals surface area contributed by atoms with E-state index in [4.69, 9.17) is 5.73 Å². The van der Waals surface area contributed by atoms with Gasteiger partial charge in [0.2, 0.25) is 5.91 Å². The van der Waals surface area contributed by atoms with Crippen LogP contribution in [0.3, 0.4) is 0 Å². The molecule has 0 aliphatic carbocycles. The van der Waals surface area contributed by atoms with E-state index in [1.807, 2.05) is 49.4 Å². The number of aryl methyl sites for hydroxylation is 1. The van der Waals surface area contributed by atoms with Gasteiger partial charge in [0.05, 0.1) is 0 Å². The van der Waals surface area contributed by atoms with Gasteiger partial charge in [-0.1, -0.05) is 24.3 Å². The van der Waals surface area contributed by atoms with Gasteiger partial charge >= 0.3 is 0 Å². The quantitative estimate of drug-likeness (QED) is 0.651. The first kappa shape index (κ1) is 14.5. The highest BCUT2D eigenvalue weighted by Crippen LogP contribution is 2.20. The Morgan fingerprint density at radius 3 is 2.70 bits per heavy atom. The number of amides is 1. The summed E-state index contributed by atoms with van der Waals surface area (Å²) in [6, 6.07) is 15.6. The van der Waals surface area contributed by atoms with E-state index in [-0.39, 0.29) is 5.91 Å². The molecule has 0 bridgehead atoms. The lowest BCUT2D eigenvalue weighted by atomic mass is 10.2. The van der Waals surface area contributed by atoms with Crippen molar-refractivity contribution in [3.63, 3.8) is 0 Å². The summed E-state index contributed by atoms with van der Waals surface area (Å²) in [4.78, 5) is 13.1. The fourth-order valence-electron chi connectivity index (χ4n) is 1.77. The molecule has 0 saturated heterocycles. The van der Waals surface area contributed by atoms with Crippen molar-refractivity contribution < 1.29 is 4.79 Å². The number of nitrogen functional groups attached to an aromatic ring is 1. The average molecular weight is 286 g/mol. The van der Waals surface area contributed by atoms with Crippen molar-refractivity contribution in [2.45, 2.75) is 18.2 Å². The standard InChI is InChI=1S/C16H18N2OS/c1-12-7-8-13(17)11-15(12)18-16(19)9-10-20-14-5-3-2-4-6-14/h2-8,11H,9-10,17H2,1H3,(H,18,19). The van der Waals surface area contributed by atoms with Crippen molar-refractivity contribution in [2.75, 3.05) is 16.8 Å². The molecule has 0 saturated carbocycles. The average Bonchev–Trinajstić information content (AvgIpc) is 2.44. The largest absolute Gasteiger partial charge is 0.399 e. The van der Waals surface area contributed by atoms with E-state index >= 15 is 0 Å². The van der Waals surface area contributed by atoms with E-state index < -0.39 is 0 Å². The van der Waals surface area contributed by atoms with Crippen LogP contribution in [0.4, 0.5) is 11.4 Å². The van der Waals surface area contributed by atoms with E-state index in [1.165, 1.54) is 4.90 Å². The molecule has 2 aromatic carbocycles. The molecule has 0 fully saturated rings. The first-order valence-corrected chi connectivity index (χ1v) is 7.47. The van der Waals surface area contributed by atoms with Crippen molar-refractivity contribution >= 4 is 29.0 Å². The normalized spacial score (nSPS) is 10.2. The minimum absolute atomic E-state index is 0.0159. The van der Waals surface area contributed by atoms with Crippen LogP contribution >= 0.6 is 11.8 Å². The zero-order valence-electron chi connectivity index (χ0n) is 11.4. The molecule has 1 amide bonds. The van der Waals surface area contributed by atoms with Crippen molar-refractivity contribution in [3.8, 4) is 0 Å². The van der Waals surface area contributed by atoms with Crippen molar-refractivity contribution in [1.29, 1.82) is 0 Å². The molecule has 0 atom stereocenters. The fourth-order valence-corrected chi connectivity index (χ4v) is 2.64. The van der Waals surface area contributed by atoms with Gasteiger partial charge in [-0.2, -0.15) is 0 Å². The molecule has 0 aromatic heterocycles. The lowest BCUT2D eigenvalue weighted by molar-refractivity contribution is -0.115. The summed E-state index contributed by atoms with van der Waals surface area (Å²) in [5, 5.41) is 2.91. The summed E-state index contributed by atoms with van der Waals surface area (Å²) < 4.78 is 0. The van der Waals surface area contributed by atoms with Gasteiger partial charge in [-0.15, -0.1) is 11.8 Å². The number of hydrogen-bond donors (Lipinski definition) is 2. The second-order valence-electron chi connectivity index (χ2n) is 4.53. The Labute approximate surface area is 123 Å². The Hall–Kier alpha value is -1.94. The van der Waals surface area contributed by atoms with Gasteiger partial charge in [0.15, 0.2) is 0 Å². The van der Waals surface area contributed by atoms with E-state index in [1.54, 1.807) is 17.8 Å². The van der Waals surface area contributed by atoms with E-state index in [0.717, 1.165) is 17.0 Å². The summed E-state index contributed by atoms with van der Waals surface area (Å²) in [6.45, 7) is 1.95. The SMILES string of the molecule is Cc1ccc(N)cc1NC(=O)CCSc1ccccc1. The summed E-state index contributed by atoms with van der Waals surface area (Å²) in [5.41, 5.74) is 8.19. The summed E-state index contributed by atoms with van der Waals surface area (Å²) in [5.74, 6) is 0.777. The Balaban J connectivity index is 1.82. The highest BCUT2D eigenvalue weighted by Gasteiger charge is 2.05. The first-order chi connectivity index (χ1) is 9.65. The number of carbonyl (C=O) groups is 1. The van der Waals surface area contributed by atoms with Crippen LogP contribution in [0.5, 0.6) is 0 Å². The van der Waals surface area contributed by atoms with Gasteiger partial charge in [-0.3, -0.25) is 4.79 Å². The lowest BCUT2D eigenvalue weighted by Gasteiger charge is -2.09. The van der Waals surface area contributed by atoms with E-state index in [2.05, 4.69) is 5.32 Å². The summed E-state index contributed by atoms with van der Waals surface area (Å²) in [6.07, 6.45) is 0.480. The monoisotopic (exact) mass is 286 g/mol. The van der Waals surface area contributed by atoms with E-state index in [0.29, 0.717) is 12.1 Å². The van der Waals surface area contributed by atoms with Gasteiger partial charge in [-0.05, 0) is 36.8 Å². The molecule has 2 aromatic rings. The Morgan fingerprint density at radius 2 is 1.95 bits per heavy atom. The third-order valence-corrected chi connectivity index (χ3v) is 3.89. The first-order valence-electron chi connectivity index (χ1n) is 6.49. The fraction of sp³-hybridized carbons (Fsp3) is 0.188. The third-order valence-electron chi connectivity index (χ3n) is 2.88. The molecule has 4 heteroatoms. The lowest BCUT2D eigenvalue weighted by Crippen LogP contribution is -2.13. The van der Waals surface area contributed by atoms with Crippen molar-refractivity contribution in [1.82, 2.24) is 0 Å². The van der Waals surface area contributed by atoms with Crippen LogP contribution in [0.2, 0.25) is 0 Å². The Morgan fingerprint density at radius 1 is 1.20 bits per heavy atom. The Bertz CT molecular complexity index is 584. The number of nitrogens with two attached hydrogens (primary N) is 1. The molecule has 2 rings (SSSR count). The van der Waals surface area contributed by atoms with Crippen LogP contribution in [0.15, 0.2) is 53.4 Å². The van der Waals surface area contributed by atoms with Gasteiger partial charge < -0.3 is 11.1 Å². The smallest absolute Gasteiger partial charge is 0.225 e. The predicted octanol–water partition coefficient (Wildman–Crippen LogP) is 3.70. The zero-order valence-corrected chi connectivity index (χ0v) is 12.2. The number of thioether (sulfide) groups is 1. The minimum Gasteiger partial charge on any atom is -0.399 e. The number of hydrogen-bond acceptors (Lipinski definition) is 3. The molecule has 0 radical (unpaired) electrons. The maximum atomic E-state index is 11.9. The topological polar surface area (TPSA) is 55.1 Å². The summed E-state index contributed by atoms with van der Waals surface area (Å²) >= 11 is 1.68. The van der Waals surface area contributed by atoms with Crippen molar-refractivity contribution in [2.24, 2.45) is 0 Å². The molecular weight excluding hydrogens is 268 g/mol. The molecular formula is C16H18N2OS. The van der Waals surface area contributed by atoms with Crippen LogP contribution in [0.1, 0.15) is 12.0 Å². The van der Waals surface area contributed by atoms with Gasteiger partial charge in [0, 0.05) is 28.4 Å². The molecule has 0 spiro atoms. The van der Waals surface area contributed by atoms with Crippen LogP contribution in [0, 0.1) is 6.92 Å². The zero-order chi connectivity index (χ0) is 14.4.